The Bertz CT molecular complexity index is 438. The molecule has 1 aliphatic rings. The van der Waals surface area contributed by atoms with Gasteiger partial charge in [0, 0.05) is 12.0 Å². The monoisotopic (exact) mass is 265 g/mol. The van der Waals surface area contributed by atoms with Crippen molar-refractivity contribution < 1.29 is 9.50 Å². The molecule has 3 heteroatoms. The summed E-state index contributed by atoms with van der Waals surface area (Å²) in [7, 11) is 0. The first-order valence-electron chi connectivity index (χ1n) is 7.13. The van der Waals surface area contributed by atoms with Crippen LogP contribution in [-0.2, 0) is 0 Å². The van der Waals surface area contributed by atoms with Crippen LogP contribution < -0.4 is 5.73 Å². The van der Waals surface area contributed by atoms with Crippen molar-refractivity contribution in [1.82, 2.24) is 0 Å². The zero-order valence-electron chi connectivity index (χ0n) is 11.8. The first-order valence-corrected chi connectivity index (χ1v) is 7.13. The summed E-state index contributed by atoms with van der Waals surface area (Å²) in [5.41, 5.74) is 7.35. The second-order valence-corrected chi connectivity index (χ2v) is 6.15. The predicted octanol–water partition coefficient (Wildman–Crippen LogP) is 3.32. The summed E-state index contributed by atoms with van der Waals surface area (Å²) < 4.78 is 13.2. The van der Waals surface area contributed by atoms with Crippen LogP contribution in [0.25, 0.3) is 0 Å². The third kappa shape index (κ3) is 2.82. The molecule has 3 N–H and O–H groups in total. The lowest BCUT2D eigenvalue weighted by atomic mass is 9.66. The van der Waals surface area contributed by atoms with E-state index in [0.717, 1.165) is 36.8 Å². The van der Waals surface area contributed by atoms with Gasteiger partial charge in [0.25, 0.3) is 0 Å². The second kappa shape index (κ2) is 5.59. The number of benzene rings is 1. The van der Waals surface area contributed by atoms with E-state index >= 15 is 0 Å². The number of rotatable bonds is 3. The van der Waals surface area contributed by atoms with E-state index in [-0.39, 0.29) is 11.2 Å². The van der Waals surface area contributed by atoms with E-state index in [1.165, 1.54) is 12.1 Å². The highest BCUT2D eigenvalue weighted by atomic mass is 19.1. The smallest absolute Gasteiger partial charge is 0.123 e. The summed E-state index contributed by atoms with van der Waals surface area (Å²) in [4.78, 5) is 0. The first kappa shape index (κ1) is 14.5. The van der Waals surface area contributed by atoms with Crippen LogP contribution in [0.4, 0.5) is 4.39 Å². The number of hydrogen-bond acceptors (Lipinski definition) is 2. The number of aliphatic hydroxyl groups excluding tert-OH is 1. The lowest BCUT2D eigenvalue weighted by Crippen LogP contribution is -2.40. The Morgan fingerprint density at radius 1 is 1.42 bits per heavy atom. The third-order valence-electron chi connectivity index (χ3n) is 4.78. The van der Waals surface area contributed by atoms with Gasteiger partial charge in [0.2, 0.25) is 0 Å². The van der Waals surface area contributed by atoms with Gasteiger partial charge in [0.1, 0.15) is 5.82 Å². The van der Waals surface area contributed by atoms with Crippen molar-refractivity contribution in [3.05, 3.63) is 35.1 Å². The molecular formula is C16H24FNO. The molecule has 0 amide bonds. The van der Waals surface area contributed by atoms with Gasteiger partial charge in [0.05, 0.1) is 6.10 Å². The maximum absolute atomic E-state index is 13.2. The molecule has 1 aromatic carbocycles. The average Bonchev–Trinajstić information content (AvgIpc) is 2.39. The lowest BCUT2D eigenvalue weighted by Gasteiger charge is -2.42. The Hall–Kier alpha value is -0.930. The molecule has 0 saturated heterocycles. The minimum Gasteiger partial charge on any atom is -0.388 e. The molecule has 0 aromatic heterocycles. The van der Waals surface area contributed by atoms with E-state index in [1.807, 2.05) is 6.92 Å². The molecule has 1 fully saturated rings. The van der Waals surface area contributed by atoms with Crippen LogP contribution in [0.3, 0.4) is 0 Å². The maximum atomic E-state index is 13.2. The summed E-state index contributed by atoms with van der Waals surface area (Å²) in [6.45, 7) is 4.57. The molecule has 0 radical (unpaired) electrons. The fraction of sp³-hybridized carbons (Fsp3) is 0.625. The molecule has 0 aliphatic heterocycles. The number of halogens is 1. The van der Waals surface area contributed by atoms with E-state index in [2.05, 4.69) is 6.92 Å². The molecule has 2 rings (SSSR count). The van der Waals surface area contributed by atoms with E-state index in [1.54, 1.807) is 6.07 Å². The number of aliphatic hydroxyl groups is 1. The van der Waals surface area contributed by atoms with Crippen LogP contribution >= 0.6 is 0 Å². The van der Waals surface area contributed by atoms with Gasteiger partial charge in [-0.1, -0.05) is 25.8 Å². The maximum Gasteiger partial charge on any atom is 0.123 e. The van der Waals surface area contributed by atoms with Gasteiger partial charge in [-0.2, -0.15) is 0 Å². The van der Waals surface area contributed by atoms with Crippen molar-refractivity contribution in [2.75, 3.05) is 6.54 Å². The minimum atomic E-state index is -0.592. The van der Waals surface area contributed by atoms with Gasteiger partial charge in [-0.3, -0.25) is 0 Å². The molecule has 1 aliphatic carbocycles. The van der Waals surface area contributed by atoms with Crippen LogP contribution in [0, 0.1) is 24.1 Å². The topological polar surface area (TPSA) is 46.2 Å². The summed E-state index contributed by atoms with van der Waals surface area (Å²) in [6.07, 6.45) is 3.51. The highest BCUT2D eigenvalue weighted by molar-refractivity contribution is 5.30. The SMILES string of the molecule is Cc1cc(F)ccc1C(O)C1(CN)CCC(C)CC1. The van der Waals surface area contributed by atoms with Gasteiger partial charge in [-0.25, -0.2) is 4.39 Å². The summed E-state index contributed by atoms with van der Waals surface area (Å²) in [5.74, 6) is 0.453. The average molecular weight is 265 g/mol. The van der Waals surface area contributed by atoms with Crippen LogP contribution in [0.15, 0.2) is 18.2 Å². The van der Waals surface area contributed by atoms with Gasteiger partial charge >= 0.3 is 0 Å². The van der Waals surface area contributed by atoms with E-state index < -0.39 is 6.10 Å². The molecule has 0 spiro atoms. The largest absolute Gasteiger partial charge is 0.388 e. The van der Waals surface area contributed by atoms with Gasteiger partial charge in [0.15, 0.2) is 0 Å². The van der Waals surface area contributed by atoms with Crippen LogP contribution in [0.1, 0.15) is 49.8 Å². The molecule has 106 valence electrons. The molecule has 0 bridgehead atoms. The second-order valence-electron chi connectivity index (χ2n) is 6.15. The predicted molar refractivity (Wildman–Crippen MR) is 75.2 cm³/mol. The van der Waals surface area contributed by atoms with Crippen molar-refractivity contribution in [2.45, 2.75) is 45.6 Å². The molecule has 1 atom stereocenters. The van der Waals surface area contributed by atoms with E-state index in [0.29, 0.717) is 12.5 Å². The summed E-state index contributed by atoms with van der Waals surface area (Å²) >= 11 is 0. The summed E-state index contributed by atoms with van der Waals surface area (Å²) in [6, 6.07) is 4.60. The van der Waals surface area contributed by atoms with E-state index in [4.69, 9.17) is 5.73 Å². The summed E-state index contributed by atoms with van der Waals surface area (Å²) in [5, 5.41) is 10.8. The van der Waals surface area contributed by atoms with Gasteiger partial charge < -0.3 is 10.8 Å². The fourth-order valence-electron chi connectivity index (χ4n) is 3.20. The van der Waals surface area contributed by atoms with Gasteiger partial charge in [-0.15, -0.1) is 0 Å². The minimum absolute atomic E-state index is 0.241. The number of nitrogens with two attached hydrogens (primary N) is 1. The van der Waals surface area contributed by atoms with E-state index in [9.17, 15) is 9.50 Å². The Morgan fingerprint density at radius 3 is 2.58 bits per heavy atom. The van der Waals surface area contributed by atoms with Gasteiger partial charge in [-0.05, 0) is 48.9 Å². The first-order chi connectivity index (χ1) is 8.98. The molecule has 1 saturated carbocycles. The Morgan fingerprint density at radius 2 is 2.05 bits per heavy atom. The lowest BCUT2D eigenvalue weighted by molar-refractivity contribution is -0.00858. The third-order valence-corrected chi connectivity index (χ3v) is 4.78. The molecule has 2 nitrogen and oxygen atoms in total. The Balaban J connectivity index is 2.27. The normalized spacial score (nSPS) is 29.2. The molecule has 1 aromatic rings. The molecule has 0 heterocycles. The Kier molecular flexibility index (Phi) is 4.26. The van der Waals surface area contributed by atoms with Crippen molar-refractivity contribution in [3.63, 3.8) is 0 Å². The number of aryl methyl sites for hydroxylation is 1. The van der Waals surface area contributed by atoms with Crippen LogP contribution in [0.2, 0.25) is 0 Å². The highest BCUT2D eigenvalue weighted by Crippen LogP contribution is 2.47. The van der Waals surface area contributed by atoms with Crippen LogP contribution in [0.5, 0.6) is 0 Å². The Labute approximate surface area is 114 Å². The van der Waals surface area contributed by atoms with Crippen molar-refractivity contribution in [2.24, 2.45) is 17.1 Å². The van der Waals surface area contributed by atoms with Crippen molar-refractivity contribution >= 4 is 0 Å². The number of hydrogen-bond donors (Lipinski definition) is 2. The van der Waals surface area contributed by atoms with Crippen molar-refractivity contribution in [1.29, 1.82) is 0 Å². The zero-order valence-corrected chi connectivity index (χ0v) is 11.8. The fourth-order valence-corrected chi connectivity index (χ4v) is 3.20. The molecule has 1 unspecified atom stereocenters. The van der Waals surface area contributed by atoms with Crippen molar-refractivity contribution in [3.8, 4) is 0 Å². The highest BCUT2D eigenvalue weighted by Gasteiger charge is 2.40. The quantitative estimate of drug-likeness (QED) is 0.880. The molecule has 19 heavy (non-hydrogen) atoms. The zero-order chi connectivity index (χ0) is 14.0. The van der Waals surface area contributed by atoms with Crippen LogP contribution in [-0.4, -0.2) is 11.7 Å². The molecular weight excluding hydrogens is 241 g/mol. The standard InChI is InChI=1S/C16H24FNO/c1-11-5-7-16(10-18,8-6-11)15(19)14-4-3-13(17)9-12(14)2/h3-4,9,11,15,19H,5-8,10,18H2,1-2H3.